The first kappa shape index (κ1) is 16.6. The first-order valence-electron chi connectivity index (χ1n) is 8.23. The summed E-state index contributed by atoms with van der Waals surface area (Å²) >= 11 is 0. The lowest BCUT2D eigenvalue weighted by atomic mass is 10.2. The van der Waals surface area contributed by atoms with Gasteiger partial charge in [-0.2, -0.15) is 0 Å². The van der Waals surface area contributed by atoms with E-state index in [4.69, 9.17) is 0 Å². The van der Waals surface area contributed by atoms with Crippen LogP contribution in [-0.4, -0.2) is 48.4 Å². The minimum absolute atomic E-state index is 0.0999. The number of hydrogen-bond donors (Lipinski definition) is 1. The molecule has 0 aromatic heterocycles. The molecule has 2 aromatic rings. The van der Waals surface area contributed by atoms with Crippen molar-refractivity contribution >= 4 is 11.6 Å². The van der Waals surface area contributed by atoms with Crippen LogP contribution in [0.4, 0.5) is 10.1 Å². The van der Waals surface area contributed by atoms with E-state index in [0.717, 1.165) is 32.7 Å². The van der Waals surface area contributed by atoms with Crippen LogP contribution >= 0.6 is 0 Å². The van der Waals surface area contributed by atoms with Crippen LogP contribution in [0.2, 0.25) is 0 Å². The second-order valence-electron chi connectivity index (χ2n) is 6.10. The molecule has 1 amide bonds. The largest absolute Gasteiger partial charge is 0.325 e. The van der Waals surface area contributed by atoms with Gasteiger partial charge in [0.1, 0.15) is 5.82 Å². The van der Waals surface area contributed by atoms with Crippen LogP contribution in [0, 0.1) is 5.82 Å². The summed E-state index contributed by atoms with van der Waals surface area (Å²) in [7, 11) is 0. The molecule has 5 heteroatoms. The molecule has 4 nitrogen and oxygen atoms in total. The van der Waals surface area contributed by atoms with Crippen molar-refractivity contribution in [3.63, 3.8) is 0 Å². The third kappa shape index (κ3) is 4.88. The van der Waals surface area contributed by atoms with Gasteiger partial charge >= 0.3 is 0 Å². The summed E-state index contributed by atoms with van der Waals surface area (Å²) in [5.41, 5.74) is 1.82. The van der Waals surface area contributed by atoms with E-state index in [1.807, 2.05) is 6.07 Å². The summed E-state index contributed by atoms with van der Waals surface area (Å²) in [6, 6.07) is 16.4. The van der Waals surface area contributed by atoms with Crippen molar-refractivity contribution < 1.29 is 9.18 Å². The monoisotopic (exact) mass is 327 g/mol. The van der Waals surface area contributed by atoms with Crippen molar-refractivity contribution in [2.45, 2.75) is 6.54 Å². The molecule has 1 N–H and O–H groups in total. The maximum absolute atomic E-state index is 13.1. The lowest BCUT2D eigenvalue weighted by molar-refractivity contribution is -0.117. The second-order valence-corrected chi connectivity index (χ2v) is 6.10. The average molecular weight is 327 g/mol. The molecular formula is C19H22FN3O. The fourth-order valence-corrected chi connectivity index (χ4v) is 2.92. The lowest BCUT2D eigenvalue weighted by Gasteiger charge is -2.34. The molecule has 126 valence electrons. The lowest BCUT2D eigenvalue weighted by Crippen LogP contribution is -2.48. The third-order valence-corrected chi connectivity index (χ3v) is 4.19. The van der Waals surface area contributed by atoms with Gasteiger partial charge in [-0.1, -0.05) is 36.4 Å². The number of nitrogens with zero attached hydrogens (tertiary/aromatic N) is 2. The Hall–Kier alpha value is -2.24. The Labute approximate surface area is 141 Å². The first-order valence-corrected chi connectivity index (χ1v) is 8.23. The summed E-state index contributed by atoms with van der Waals surface area (Å²) in [6.45, 7) is 4.91. The zero-order valence-corrected chi connectivity index (χ0v) is 13.6. The van der Waals surface area contributed by atoms with E-state index < -0.39 is 0 Å². The zero-order chi connectivity index (χ0) is 16.8. The molecule has 24 heavy (non-hydrogen) atoms. The van der Waals surface area contributed by atoms with Crippen LogP contribution in [0.3, 0.4) is 0 Å². The van der Waals surface area contributed by atoms with E-state index in [1.165, 1.54) is 17.7 Å². The maximum Gasteiger partial charge on any atom is 0.238 e. The van der Waals surface area contributed by atoms with Crippen molar-refractivity contribution in [3.8, 4) is 0 Å². The summed E-state index contributed by atoms with van der Waals surface area (Å²) in [4.78, 5) is 16.6. The number of benzene rings is 2. The number of hydrogen-bond acceptors (Lipinski definition) is 3. The van der Waals surface area contributed by atoms with E-state index in [1.54, 1.807) is 12.1 Å². The summed E-state index contributed by atoms with van der Waals surface area (Å²) in [5.74, 6) is -0.445. The van der Waals surface area contributed by atoms with Crippen molar-refractivity contribution in [2.24, 2.45) is 0 Å². The van der Waals surface area contributed by atoms with Crippen LogP contribution in [0.15, 0.2) is 54.6 Å². The highest BCUT2D eigenvalue weighted by Crippen LogP contribution is 2.11. The van der Waals surface area contributed by atoms with E-state index in [0.29, 0.717) is 12.2 Å². The SMILES string of the molecule is O=C(CN1CCN(Cc2ccccc2)CC1)Nc1cccc(F)c1. The molecule has 0 bridgehead atoms. The van der Waals surface area contributed by atoms with Crippen molar-refractivity contribution in [2.75, 3.05) is 38.0 Å². The first-order chi connectivity index (χ1) is 11.7. The highest BCUT2D eigenvalue weighted by atomic mass is 19.1. The third-order valence-electron chi connectivity index (χ3n) is 4.19. The Bertz CT molecular complexity index is 669. The normalized spacial score (nSPS) is 16.0. The molecule has 1 fully saturated rings. The fourth-order valence-electron chi connectivity index (χ4n) is 2.92. The summed E-state index contributed by atoms with van der Waals surface area (Å²) < 4.78 is 13.1. The Morgan fingerprint density at radius 1 is 0.958 bits per heavy atom. The van der Waals surface area contributed by atoms with Crippen LogP contribution in [0.25, 0.3) is 0 Å². The second kappa shape index (κ2) is 8.04. The van der Waals surface area contributed by atoms with Crippen LogP contribution in [0.1, 0.15) is 5.56 Å². The van der Waals surface area contributed by atoms with Gasteiger partial charge in [0.15, 0.2) is 0 Å². The van der Waals surface area contributed by atoms with Gasteiger partial charge in [0, 0.05) is 38.4 Å². The van der Waals surface area contributed by atoms with Gasteiger partial charge in [-0.25, -0.2) is 4.39 Å². The average Bonchev–Trinajstić information content (AvgIpc) is 2.57. The molecule has 0 radical (unpaired) electrons. The minimum Gasteiger partial charge on any atom is -0.325 e. The van der Waals surface area contributed by atoms with Crippen LogP contribution in [-0.2, 0) is 11.3 Å². The quantitative estimate of drug-likeness (QED) is 0.917. The van der Waals surface area contributed by atoms with E-state index in [9.17, 15) is 9.18 Å². The predicted molar refractivity (Wildman–Crippen MR) is 93.2 cm³/mol. The minimum atomic E-state index is -0.345. The number of halogens is 1. The van der Waals surface area contributed by atoms with Gasteiger partial charge in [0.05, 0.1) is 6.54 Å². The molecule has 0 atom stereocenters. The van der Waals surface area contributed by atoms with Gasteiger partial charge in [0.2, 0.25) is 5.91 Å². The Kier molecular flexibility index (Phi) is 5.56. The Morgan fingerprint density at radius 2 is 1.67 bits per heavy atom. The molecule has 1 aliphatic heterocycles. The highest BCUT2D eigenvalue weighted by Gasteiger charge is 2.19. The molecule has 0 aliphatic carbocycles. The standard InChI is InChI=1S/C19H22FN3O/c20-17-7-4-8-18(13-17)21-19(24)15-23-11-9-22(10-12-23)14-16-5-2-1-3-6-16/h1-8,13H,9-12,14-15H2,(H,21,24). The molecule has 0 saturated carbocycles. The summed E-state index contributed by atoms with van der Waals surface area (Å²) in [5, 5.41) is 2.75. The topological polar surface area (TPSA) is 35.6 Å². The molecule has 3 rings (SSSR count). The van der Waals surface area contributed by atoms with Crippen LogP contribution < -0.4 is 5.32 Å². The maximum atomic E-state index is 13.1. The predicted octanol–water partition coefficient (Wildman–Crippen LogP) is 2.58. The van der Waals surface area contributed by atoms with Gasteiger partial charge in [-0.15, -0.1) is 0 Å². The number of amides is 1. The van der Waals surface area contributed by atoms with E-state index in [2.05, 4.69) is 39.4 Å². The number of piperazine rings is 1. The molecule has 1 heterocycles. The molecule has 2 aromatic carbocycles. The number of nitrogens with one attached hydrogen (secondary N) is 1. The molecule has 1 aliphatic rings. The number of carbonyl (C=O) groups is 1. The fraction of sp³-hybridized carbons (Fsp3) is 0.316. The molecule has 1 saturated heterocycles. The van der Waals surface area contributed by atoms with Crippen molar-refractivity contribution in [3.05, 3.63) is 66.0 Å². The number of rotatable bonds is 5. The van der Waals surface area contributed by atoms with E-state index in [-0.39, 0.29) is 11.7 Å². The van der Waals surface area contributed by atoms with Gasteiger partial charge in [-0.05, 0) is 23.8 Å². The molecule has 0 spiro atoms. The highest BCUT2D eigenvalue weighted by molar-refractivity contribution is 5.92. The number of carbonyl (C=O) groups excluding carboxylic acids is 1. The Balaban J connectivity index is 1.42. The number of anilines is 1. The van der Waals surface area contributed by atoms with Crippen molar-refractivity contribution in [1.82, 2.24) is 9.80 Å². The van der Waals surface area contributed by atoms with E-state index >= 15 is 0 Å². The smallest absolute Gasteiger partial charge is 0.238 e. The zero-order valence-electron chi connectivity index (χ0n) is 13.6. The molecular weight excluding hydrogens is 305 g/mol. The Morgan fingerprint density at radius 3 is 2.38 bits per heavy atom. The van der Waals surface area contributed by atoms with Gasteiger partial charge < -0.3 is 5.32 Å². The molecule has 0 unspecified atom stereocenters. The van der Waals surface area contributed by atoms with Crippen LogP contribution in [0.5, 0.6) is 0 Å². The van der Waals surface area contributed by atoms with Gasteiger partial charge in [0.25, 0.3) is 0 Å². The van der Waals surface area contributed by atoms with Crippen molar-refractivity contribution in [1.29, 1.82) is 0 Å². The summed E-state index contributed by atoms with van der Waals surface area (Å²) in [6.07, 6.45) is 0. The van der Waals surface area contributed by atoms with Gasteiger partial charge in [-0.3, -0.25) is 14.6 Å².